The van der Waals surface area contributed by atoms with Crippen molar-refractivity contribution in [2.45, 2.75) is 13.0 Å². The molecule has 0 saturated carbocycles. The summed E-state index contributed by atoms with van der Waals surface area (Å²) < 4.78 is 4.79. The van der Waals surface area contributed by atoms with Crippen LogP contribution in [-0.2, 0) is 4.74 Å². The molecule has 2 N–H and O–H groups in total. The van der Waals surface area contributed by atoms with Gasteiger partial charge >= 0.3 is 5.97 Å². The molecule has 3 aromatic rings. The van der Waals surface area contributed by atoms with Crippen molar-refractivity contribution in [2.75, 3.05) is 12.4 Å². The van der Waals surface area contributed by atoms with Crippen molar-refractivity contribution >= 4 is 23.4 Å². The smallest absolute Gasteiger partial charge is 0.339 e. The summed E-state index contributed by atoms with van der Waals surface area (Å²) in [5.74, 6) is -0.122. The number of carbonyl (C=O) groups excluding carboxylic acids is 2. The lowest BCUT2D eigenvalue weighted by Gasteiger charge is -2.14. The molecule has 6 heteroatoms. The van der Waals surface area contributed by atoms with Crippen LogP contribution in [0, 0.1) is 0 Å². The van der Waals surface area contributed by atoms with E-state index in [4.69, 9.17) is 4.74 Å². The second kappa shape index (κ2) is 8.81. The molecule has 1 heterocycles. The Morgan fingerprint density at radius 3 is 2.36 bits per heavy atom. The number of nitrogens with zero attached hydrogens (tertiary/aromatic N) is 1. The van der Waals surface area contributed by atoms with Gasteiger partial charge in [0.25, 0.3) is 5.91 Å². The maximum Gasteiger partial charge on any atom is 0.339 e. The van der Waals surface area contributed by atoms with Crippen LogP contribution in [-0.4, -0.2) is 24.0 Å². The first-order valence-corrected chi connectivity index (χ1v) is 8.84. The summed E-state index contributed by atoms with van der Waals surface area (Å²) in [6.45, 7) is 1.93. The molecule has 3 rings (SSSR count). The van der Waals surface area contributed by atoms with E-state index >= 15 is 0 Å². The van der Waals surface area contributed by atoms with Gasteiger partial charge in [-0.1, -0.05) is 42.5 Å². The first-order chi connectivity index (χ1) is 13.6. The van der Waals surface area contributed by atoms with Gasteiger partial charge < -0.3 is 15.4 Å². The molecule has 0 fully saturated rings. The molecule has 0 bridgehead atoms. The maximum atomic E-state index is 12.4. The number of esters is 1. The van der Waals surface area contributed by atoms with Crippen molar-refractivity contribution in [3.63, 3.8) is 0 Å². The molecule has 6 nitrogen and oxygen atoms in total. The van der Waals surface area contributed by atoms with Crippen molar-refractivity contribution < 1.29 is 14.3 Å². The molecule has 28 heavy (non-hydrogen) atoms. The van der Waals surface area contributed by atoms with Crippen molar-refractivity contribution in [2.24, 2.45) is 0 Å². The van der Waals surface area contributed by atoms with Crippen LogP contribution in [0.1, 0.15) is 39.2 Å². The molecule has 1 atom stereocenters. The Morgan fingerprint density at radius 2 is 1.68 bits per heavy atom. The van der Waals surface area contributed by atoms with E-state index < -0.39 is 5.97 Å². The minimum Gasteiger partial charge on any atom is -0.465 e. The number of rotatable bonds is 6. The zero-order chi connectivity index (χ0) is 19.9. The van der Waals surface area contributed by atoms with Crippen molar-refractivity contribution in [3.05, 3.63) is 89.6 Å². The second-order valence-corrected chi connectivity index (χ2v) is 6.20. The Morgan fingerprint density at radius 1 is 0.964 bits per heavy atom. The number of hydrogen-bond acceptors (Lipinski definition) is 5. The summed E-state index contributed by atoms with van der Waals surface area (Å²) in [5, 5.41) is 6.03. The van der Waals surface area contributed by atoms with E-state index in [2.05, 4.69) is 15.6 Å². The molecule has 0 aliphatic heterocycles. The third-order valence-corrected chi connectivity index (χ3v) is 4.27. The lowest BCUT2D eigenvalue weighted by Crippen LogP contribution is -2.26. The fraction of sp³-hybridized carbons (Fsp3) is 0.136. The van der Waals surface area contributed by atoms with E-state index in [9.17, 15) is 9.59 Å². The number of ether oxygens (including phenoxy) is 1. The summed E-state index contributed by atoms with van der Waals surface area (Å²) in [6.07, 6.45) is 1.50. The third-order valence-electron chi connectivity index (χ3n) is 4.27. The number of pyridine rings is 1. The molecule has 1 amide bonds. The number of anilines is 2. The van der Waals surface area contributed by atoms with E-state index in [0.29, 0.717) is 22.6 Å². The summed E-state index contributed by atoms with van der Waals surface area (Å²) in [5.41, 5.74) is 2.47. The molecule has 0 aliphatic carbocycles. The number of carbonyl (C=O) groups is 2. The molecule has 1 unspecified atom stereocenters. The zero-order valence-corrected chi connectivity index (χ0v) is 15.7. The Kier molecular flexibility index (Phi) is 6.01. The van der Waals surface area contributed by atoms with Crippen molar-refractivity contribution in [1.82, 2.24) is 10.3 Å². The molecule has 2 aromatic carbocycles. The van der Waals surface area contributed by atoms with Crippen LogP contribution in [0.15, 0.2) is 72.9 Å². The standard InChI is InChI=1S/C22H21N3O3/c1-15(16-8-4-3-5-9-16)24-21(26)17-12-13-20(23-14-17)25-19-11-7-6-10-18(19)22(27)28-2/h3-15H,1-2H3,(H,23,25)(H,24,26). The van der Waals surface area contributed by atoms with Gasteiger partial charge in [-0.3, -0.25) is 4.79 Å². The molecule has 1 aromatic heterocycles. The van der Waals surface area contributed by atoms with Crippen molar-refractivity contribution in [1.29, 1.82) is 0 Å². The van der Waals surface area contributed by atoms with E-state index in [-0.39, 0.29) is 11.9 Å². The fourth-order valence-electron chi connectivity index (χ4n) is 2.73. The summed E-state index contributed by atoms with van der Waals surface area (Å²) in [6, 6.07) is 20.0. The highest BCUT2D eigenvalue weighted by Crippen LogP contribution is 2.20. The van der Waals surface area contributed by atoms with Crippen LogP contribution in [0.5, 0.6) is 0 Å². The fourth-order valence-corrected chi connectivity index (χ4v) is 2.73. The van der Waals surface area contributed by atoms with Gasteiger partial charge in [0.05, 0.1) is 30.0 Å². The highest BCUT2D eigenvalue weighted by atomic mass is 16.5. The van der Waals surface area contributed by atoms with E-state index in [1.54, 1.807) is 30.3 Å². The van der Waals surface area contributed by atoms with Gasteiger partial charge in [-0.25, -0.2) is 9.78 Å². The van der Waals surface area contributed by atoms with Gasteiger partial charge in [-0.2, -0.15) is 0 Å². The van der Waals surface area contributed by atoms with Crippen LogP contribution in [0.3, 0.4) is 0 Å². The molecular formula is C22H21N3O3. The Hall–Kier alpha value is -3.67. The average molecular weight is 375 g/mol. The molecule has 0 radical (unpaired) electrons. The van der Waals surface area contributed by atoms with Crippen molar-refractivity contribution in [3.8, 4) is 0 Å². The van der Waals surface area contributed by atoms with Crippen LogP contribution in [0.25, 0.3) is 0 Å². The molecule has 0 saturated heterocycles. The SMILES string of the molecule is COC(=O)c1ccccc1Nc1ccc(C(=O)NC(C)c2ccccc2)cn1. The number of para-hydroxylation sites is 1. The number of aromatic nitrogens is 1. The van der Waals surface area contributed by atoms with Gasteiger partial charge in [0.1, 0.15) is 5.82 Å². The Labute approximate surface area is 163 Å². The number of amides is 1. The quantitative estimate of drug-likeness (QED) is 0.634. The molecule has 142 valence electrons. The lowest BCUT2D eigenvalue weighted by atomic mass is 10.1. The minimum absolute atomic E-state index is 0.113. The predicted molar refractivity (Wildman–Crippen MR) is 108 cm³/mol. The van der Waals surface area contributed by atoms with Crippen LogP contribution >= 0.6 is 0 Å². The van der Waals surface area contributed by atoms with Gasteiger partial charge in [-0.05, 0) is 36.8 Å². The van der Waals surface area contributed by atoms with Crippen LogP contribution in [0.4, 0.5) is 11.5 Å². The highest BCUT2D eigenvalue weighted by Gasteiger charge is 2.13. The molecule has 0 spiro atoms. The lowest BCUT2D eigenvalue weighted by molar-refractivity contribution is 0.0601. The van der Waals surface area contributed by atoms with Crippen LogP contribution in [0.2, 0.25) is 0 Å². The zero-order valence-electron chi connectivity index (χ0n) is 15.7. The maximum absolute atomic E-state index is 12.4. The monoisotopic (exact) mass is 375 g/mol. The summed E-state index contributed by atoms with van der Waals surface area (Å²) >= 11 is 0. The number of benzene rings is 2. The number of nitrogens with one attached hydrogen (secondary N) is 2. The largest absolute Gasteiger partial charge is 0.465 e. The average Bonchev–Trinajstić information content (AvgIpc) is 2.74. The van der Waals surface area contributed by atoms with Gasteiger partial charge in [0.15, 0.2) is 0 Å². The van der Waals surface area contributed by atoms with Gasteiger partial charge in [0, 0.05) is 6.20 Å². The first-order valence-electron chi connectivity index (χ1n) is 8.84. The molecular weight excluding hydrogens is 354 g/mol. The third kappa shape index (κ3) is 4.54. The summed E-state index contributed by atoms with van der Waals surface area (Å²) in [4.78, 5) is 28.6. The highest BCUT2D eigenvalue weighted by molar-refractivity contribution is 5.96. The second-order valence-electron chi connectivity index (χ2n) is 6.20. The summed E-state index contributed by atoms with van der Waals surface area (Å²) in [7, 11) is 1.33. The predicted octanol–water partition coefficient (Wildman–Crippen LogP) is 4.10. The van der Waals surface area contributed by atoms with E-state index in [0.717, 1.165) is 5.56 Å². The van der Waals surface area contributed by atoms with E-state index in [1.165, 1.54) is 13.3 Å². The van der Waals surface area contributed by atoms with Gasteiger partial charge in [-0.15, -0.1) is 0 Å². The van der Waals surface area contributed by atoms with Crippen LogP contribution < -0.4 is 10.6 Å². The normalized spacial score (nSPS) is 11.4. The van der Waals surface area contributed by atoms with E-state index in [1.807, 2.05) is 43.3 Å². The number of hydrogen-bond donors (Lipinski definition) is 2. The van der Waals surface area contributed by atoms with Gasteiger partial charge in [0.2, 0.25) is 0 Å². The Balaban J connectivity index is 1.69. The number of methoxy groups -OCH3 is 1. The Bertz CT molecular complexity index is 956. The minimum atomic E-state index is -0.436. The topological polar surface area (TPSA) is 80.3 Å². The first kappa shape index (κ1) is 19.1. The molecule has 0 aliphatic rings.